The average molecular weight is 439 g/mol. The van der Waals surface area contributed by atoms with E-state index in [4.69, 9.17) is 4.98 Å². The van der Waals surface area contributed by atoms with Crippen molar-refractivity contribution in [3.63, 3.8) is 0 Å². The molecule has 0 aliphatic heterocycles. The Morgan fingerprint density at radius 2 is 1.59 bits per heavy atom. The summed E-state index contributed by atoms with van der Waals surface area (Å²) in [5.74, 6) is 0. The maximum absolute atomic E-state index is 4.85. The van der Waals surface area contributed by atoms with Gasteiger partial charge in [0.2, 0.25) is 0 Å². The molecule has 0 saturated heterocycles. The van der Waals surface area contributed by atoms with Crippen molar-refractivity contribution in [2.75, 3.05) is 4.90 Å². The van der Waals surface area contributed by atoms with E-state index in [-0.39, 0.29) is 0 Å². The van der Waals surface area contributed by atoms with Gasteiger partial charge in [0.25, 0.3) is 0 Å². The zero-order valence-electron chi connectivity index (χ0n) is 15.8. The van der Waals surface area contributed by atoms with Crippen molar-refractivity contribution in [3.05, 3.63) is 113 Å². The summed E-state index contributed by atoms with van der Waals surface area (Å²) in [6.45, 7) is 4.16. The van der Waals surface area contributed by atoms with E-state index in [9.17, 15) is 0 Å². The van der Waals surface area contributed by atoms with Crippen molar-refractivity contribution in [3.8, 4) is 0 Å². The number of benzene rings is 3. The summed E-state index contributed by atoms with van der Waals surface area (Å²) in [6.07, 6.45) is 7.38. The zero-order chi connectivity index (χ0) is 19.8. The molecule has 5 rings (SSSR count). The second kappa shape index (κ2) is 7.34. The van der Waals surface area contributed by atoms with Gasteiger partial charge in [0.1, 0.15) is 0 Å². The van der Waals surface area contributed by atoms with Gasteiger partial charge in [0.05, 0.1) is 11.0 Å². The highest BCUT2D eigenvalue weighted by molar-refractivity contribution is 9.10. The molecule has 0 fully saturated rings. The van der Waals surface area contributed by atoms with E-state index in [1.807, 2.05) is 24.3 Å². The highest BCUT2D eigenvalue weighted by atomic mass is 79.9. The third-order valence-electron chi connectivity index (χ3n) is 5.15. The molecule has 29 heavy (non-hydrogen) atoms. The first-order valence-electron chi connectivity index (χ1n) is 9.60. The maximum atomic E-state index is 4.85. The number of nitrogens with zero attached hydrogens (tertiary/aromatic N) is 2. The largest absolute Gasteiger partial charge is 0.310 e. The van der Waals surface area contributed by atoms with Gasteiger partial charge in [-0.15, -0.1) is 0 Å². The van der Waals surface area contributed by atoms with Crippen molar-refractivity contribution in [2.24, 2.45) is 0 Å². The molecular formula is C26H19BrN2. The zero-order valence-corrected chi connectivity index (χ0v) is 17.4. The molecule has 0 bridgehead atoms. The van der Waals surface area contributed by atoms with Crippen LogP contribution in [0, 0.1) is 0 Å². The molecule has 4 aromatic rings. The van der Waals surface area contributed by atoms with E-state index in [1.165, 1.54) is 0 Å². The summed E-state index contributed by atoms with van der Waals surface area (Å²) < 4.78 is 1.07. The Balaban J connectivity index is 1.73. The molecule has 2 nitrogen and oxygen atoms in total. The second-order valence-electron chi connectivity index (χ2n) is 7.15. The molecule has 1 aromatic heterocycles. The van der Waals surface area contributed by atoms with E-state index in [1.54, 1.807) is 0 Å². The smallest absolute Gasteiger partial charge is 0.0722 e. The van der Waals surface area contributed by atoms with Gasteiger partial charge >= 0.3 is 0 Å². The molecule has 0 atom stereocenters. The lowest BCUT2D eigenvalue weighted by Crippen LogP contribution is -2.16. The third kappa shape index (κ3) is 3.28. The SMILES string of the molecule is C=C1C=C(N(c2ccccc2)c2ccc3nc4ccccc4c(Br)c3c2)C=CC1. The predicted octanol–water partition coefficient (Wildman–Crippen LogP) is 7.69. The number of para-hydroxylation sites is 2. The van der Waals surface area contributed by atoms with Crippen molar-refractivity contribution in [1.82, 2.24) is 4.98 Å². The Hall–Kier alpha value is -3.17. The fraction of sp³-hybridized carbons (Fsp3) is 0.0385. The Labute approximate surface area is 178 Å². The van der Waals surface area contributed by atoms with Gasteiger partial charge in [-0.25, -0.2) is 4.98 Å². The fourth-order valence-electron chi connectivity index (χ4n) is 3.78. The molecule has 1 aliphatic rings. The van der Waals surface area contributed by atoms with E-state index in [0.29, 0.717) is 0 Å². The first-order chi connectivity index (χ1) is 14.2. The number of hydrogen-bond donors (Lipinski definition) is 0. The Morgan fingerprint density at radius 3 is 2.41 bits per heavy atom. The molecule has 3 aromatic carbocycles. The molecular weight excluding hydrogens is 420 g/mol. The minimum atomic E-state index is 0.894. The van der Waals surface area contributed by atoms with Crippen LogP contribution in [-0.2, 0) is 0 Å². The number of halogens is 1. The van der Waals surface area contributed by atoms with E-state index >= 15 is 0 Å². The van der Waals surface area contributed by atoms with Crippen LogP contribution in [0.15, 0.2) is 113 Å². The minimum absolute atomic E-state index is 0.894. The summed E-state index contributed by atoms with van der Waals surface area (Å²) in [5, 5.41) is 2.22. The molecule has 0 spiro atoms. The lowest BCUT2D eigenvalue weighted by atomic mass is 10.0. The number of aromatic nitrogens is 1. The van der Waals surface area contributed by atoms with Gasteiger partial charge in [-0.2, -0.15) is 0 Å². The van der Waals surface area contributed by atoms with Crippen LogP contribution in [0.25, 0.3) is 21.8 Å². The van der Waals surface area contributed by atoms with Crippen LogP contribution in [0.3, 0.4) is 0 Å². The van der Waals surface area contributed by atoms with Gasteiger partial charge in [-0.05, 0) is 76.5 Å². The Kier molecular flexibility index (Phi) is 4.53. The highest BCUT2D eigenvalue weighted by Gasteiger charge is 2.16. The van der Waals surface area contributed by atoms with Crippen molar-refractivity contribution < 1.29 is 0 Å². The average Bonchev–Trinajstić information content (AvgIpc) is 2.75. The topological polar surface area (TPSA) is 16.1 Å². The van der Waals surface area contributed by atoms with E-state index in [2.05, 4.69) is 94.2 Å². The summed E-state index contributed by atoms with van der Waals surface area (Å²) in [5.41, 5.74) is 6.39. The number of pyridine rings is 1. The molecule has 3 heteroatoms. The lowest BCUT2D eigenvalue weighted by Gasteiger charge is -2.28. The van der Waals surface area contributed by atoms with Crippen LogP contribution < -0.4 is 4.90 Å². The molecule has 0 saturated carbocycles. The Morgan fingerprint density at radius 1 is 0.828 bits per heavy atom. The summed E-state index contributed by atoms with van der Waals surface area (Å²) in [6, 6.07) is 25.1. The molecule has 0 N–H and O–H groups in total. The second-order valence-corrected chi connectivity index (χ2v) is 7.94. The molecule has 0 unspecified atom stereocenters. The number of allylic oxidation sites excluding steroid dienone is 4. The summed E-state index contributed by atoms with van der Waals surface area (Å²) >= 11 is 3.83. The van der Waals surface area contributed by atoms with E-state index in [0.717, 1.165) is 55.3 Å². The summed E-state index contributed by atoms with van der Waals surface area (Å²) in [4.78, 5) is 7.11. The first-order valence-corrected chi connectivity index (χ1v) is 10.4. The molecule has 1 heterocycles. The lowest BCUT2D eigenvalue weighted by molar-refractivity contribution is 1.15. The van der Waals surface area contributed by atoms with Crippen LogP contribution in [0.2, 0.25) is 0 Å². The number of fused-ring (bicyclic) bond motifs is 2. The minimum Gasteiger partial charge on any atom is -0.310 e. The van der Waals surface area contributed by atoms with Gasteiger partial charge in [-0.1, -0.05) is 49.1 Å². The standard InChI is InChI=1S/C26H19BrN2/c1-18-8-7-11-20(16-18)29(19-9-3-2-4-10-19)21-14-15-25-23(17-21)26(27)22-12-5-6-13-24(22)28-25/h2-7,9-17H,1,8H2. The molecule has 0 radical (unpaired) electrons. The summed E-state index contributed by atoms with van der Waals surface area (Å²) in [7, 11) is 0. The van der Waals surface area contributed by atoms with Gasteiger partial charge in [0.15, 0.2) is 0 Å². The maximum Gasteiger partial charge on any atom is 0.0722 e. The fourth-order valence-corrected chi connectivity index (χ4v) is 4.43. The van der Waals surface area contributed by atoms with E-state index < -0.39 is 0 Å². The van der Waals surface area contributed by atoms with Crippen LogP contribution in [-0.4, -0.2) is 4.98 Å². The highest BCUT2D eigenvalue weighted by Crippen LogP contribution is 2.37. The van der Waals surface area contributed by atoms with Crippen molar-refractivity contribution >= 4 is 49.1 Å². The third-order valence-corrected chi connectivity index (χ3v) is 6.00. The quantitative estimate of drug-likeness (QED) is 0.304. The molecule has 0 amide bonds. The molecule has 1 aliphatic carbocycles. The monoisotopic (exact) mass is 438 g/mol. The number of anilines is 2. The normalized spacial score (nSPS) is 13.7. The van der Waals surface area contributed by atoms with Crippen LogP contribution >= 0.6 is 15.9 Å². The van der Waals surface area contributed by atoms with Crippen molar-refractivity contribution in [2.45, 2.75) is 6.42 Å². The van der Waals surface area contributed by atoms with Gasteiger partial charge in [-0.3, -0.25) is 0 Å². The predicted molar refractivity (Wildman–Crippen MR) is 127 cm³/mol. The van der Waals surface area contributed by atoms with Gasteiger partial charge in [0, 0.05) is 32.3 Å². The van der Waals surface area contributed by atoms with Crippen LogP contribution in [0.1, 0.15) is 6.42 Å². The van der Waals surface area contributed by atoms with Crippen LogP contribution in [0.4, 0.5) is 11.4 Å². The van der Waals surface area contributed by atoms with Crippen molar-refractivity contribution in [1.29, 1.82) is 0 Å². The Bertz CT molecular complexity index is 1300. The van der Waals surface area contributed by atoms with Gasteiger partial charge < -0.3 is 4.90 Å². The first kappa shape index (κ1) is 17.9. The van der Waals surface area contributed by atoms with Crippen LogP contribution in [0.5, 0.6) is 0 Å². The number of rotatable bonds is 3. The molecule has 140 valence electrons. The number of hydrogen-bond acceptors (Lipinski definition) is 2.